The first-order valence-corrected chi connectivity index (χ1v) is 24.6. The molecule has 0 spiro atoms. The van der Waals surface area contributed by atoms with Gasteiger partial charge >= 0.3 is 0 Å². The first-order valence-electron chi connectivity index (χ1n) is 24.6. The summed E-state index contributed by atoms with van der Waals surface area (Å²) in [5.74, 6) is 1.12. The number of ether oxygens (including phenoxy) is 1. The minimum atomic E-state index is -0.342. The zero-order chi connectivity index (χ0) is 46.2. The molecule has 66 heavy (non-hydrogen) atoms. The van der Waals surface area contributed by atoms with E-state index in [-0.39, 0.29) is 17.4 Å². The number of rotatable bonds is 9. The second kappa shape index (κ2) is 20.9. The second-order valence-corrected chi connectivity index (χ2v) is 17.9. The number of allylic oxidation sites excluding steroid dienone is 6. The molecule has 3 heteroatoms. The maximum Gasteiger partial charge on any atom is 0.135 e. The molecule has 3 unspecified atom stereocenters. The van der Waals surface area contributed by atoms with E-state index in [2.05, 4.69) is 184 Å². The van der Waals surface area contributed by atoms with Crippen molar-refractivity contribution in [3.63, 3.8) is 0 Å². The van der Waals surface area contributed by atoms with E-state index < -0.39 is 0 Å². The van der Waals surface area contributed by atoms with Crippen LogP contribution in [0.1, 0.15) is 119 Å². The molecule has 2 heterocycles. The van der Waals surface area contributed by atoms with Gasteiger partial charge in [0.1, 0.15) is 11.0 Å². The van der Waals surface area contributed by atoms with Crippen molar-refractivity contribution < 1.29 is 9.15 Å². The molecule has 10 rings (SSSR count). The maximum absolute atomic E-state index is 6.48. The average molecular weight is 870 g/mol. The molecular weight excluding hydrogens is 803 g/mol. The van der Waals surface area contributed by atoms with Crippen LogP contribution in [0.25, 0.3) is 56.5 Å². The van der Waals surface area contributed by atoms with Crippen LogP contribution in [-0.2, 0) is 11.2 Å². The first kappa shape index (κ1) is 46.2. The number of fused-ring (bicyclic) bond motifs is 4. The van der Waals surface area contributed by atoms with Crippen molar-refractivity contribution >= 4 is 40.5 Å². The van der Waals surface area contributed by atoms with E-state index in [0.717, 1.165) is 30.3 Å². The van der Waals surface area contributed by atoms with E-state index >= 15 is 0 Å². The lowest BCUT2D eigenvalue weighted by molar-refractivity contribution is 0.0116. The van der Waals surface area contributed by atoms with Gasteiger partial charge in [-0.25, -0.2) is 0 Å². The Hall–Kier alpha value is -6.29. The second-order valence-electron chi connectivity index (χ2n) is 17.9. The molecule has 1 saturated carbocycles. The van der Waals surface area contributed by atoms with Gasteiger partial charge in [0, 0.05) is 34.9 Å². The van der Waals surface area contributed by atoms with Crippen LogP contribution in [0, 0.1) is 12.8 Å². The standard InChI is InChI=1S/C59H55NO2.2C2H6/c1-5-11-42(20-18-41-19-25-52(43-21-22-43)53(32-41)51-17-7-6-12-39(51)2)48-23-26-57-54(35-48)55-36-49(24-27-58(55)62-57)46-15-8-13-44(33-46)45-14-9-16-47(34-45)50-28-29-59(4)56(37-50)40(3)38-60-30-10-31-61-59;2*1-2/h5-17,19-20,23,25-28,30,32-38,40,43,49H,18,21-22,24,29,31H2,1-4H3;2*1-2H3/b11-5-,30-10-,42-20+,60-38?;;. The zero-order valence-corrected chi connectivity index (χ0v) is 40.4. The maximum atomic E-state index is 6.48. The van der Waals surface area contributed by atoms with E-state index in [9.17, 15) is 0 Å². The minimum absolute atomic E-state index is 0.180. The molecule has 3 aliphatic carbocycles. The van der Waals surface area contributed by atoms with Crippen LogP contribution >= 0.6 is 0 Å². The van der Waals surface area contributed by atoms with Crippen LogP contribution < -0.4 is 10.6 Å². The lowest BCUT2D eigenvalue weighted by Crippen LogP contribution is -2.35. The van der Waals surface area contributed by atoms with Crippen molar-refractivity contribution in [3.05, 3.63) is 201 Å². The number of benzene rings is 5. The Bertz CT molecular complexity index is 3020. The van der Waals surface area contributed by atoms with Crippen LogP contribution in [0.2, 0.25) is 0 Å². The van der Waals surface area contributed by atoms with E-state index in [1.165, 1.54) is 95.8 Å². The number of aliphatic imine (C=N–C) groups is 1. The Morgan fingerprint density at radius 3 is 2.41 bits per heavy atom. The van der Waals surface area contributed by atoms with Crippen molar-refractivity contribution in [2.45, 2.75) is 105 Å². The summed E-state index contributed by atoms with van der Waals surface area (Å²) in [6.45, 7) is 17.3. The van der Waals surface area contributed by atoms with Gasteiger partial charge in [0.2, 0.25) is 0 Å². The van der Waals surface area contributed by atoms with E-state index in [1.54, 1.807) is 0 Å². The molecule has 0 amide bonds. The highest BCUT2D eigenvalue weighted by Crippen LogP contribution is 2.45. The number of hydrogen-bond donors (Lipinski definition) is 0. The van der Waals surface area contributed by atoms with Gasteiger partial charge < -0.3 is 9.15 Å². The monoisotopic (exact) mass is 870 g/mol. The Kier molecular flexibility index (Phi) is 14.6. The molecule has 0 bridgehead atoms. The Balaban J connectivity index is 0.00000144. The molecule has 1 fully saturated rings. The van der Waals surface area contributed by atoms with Crippen LogP contribution in [0.4, 0.5) is 0 Å². The summed E-state index contributed by atoms with van der Waals surface area (Å²) in [5.41, 5.74) is 18.4. The van der Waals surface area contributed by atoms with Crippen molar-refractivity contribution in [2.75, 3.05) is 6.61 Å². The molecular formula is C63H67NO2. The molecule has 336 valence electrons. The molecule has 0 saturated heterocycles. The van der Waals surface area contributed by atoms with Gasteiger partial charge in [0.25, 0.3) is 0 Å². The normalized spacial score (nSPS) is 20.6. The largest absolute Gasteiger partial charge is 0.456 e. The van der Waals surface area contributed by atoms with Crippen LogP contribution in [-0.4, -0.2) is 18.4 Å². The van der Waals surface area contributed by atoms with Crippen LogP contribution in [0.3, 0.4) is 0 Å². The van der Waals surface area contributed by atoms with Gasteiger partial charge in [-0.05, 0) is 161 Å². The topological polar surface area (TPSA) is 34.7 Å². The van der Waals surface area contributed by atoms with Crippen LogP contribution in [0.15, 0.2) is 167 Å². The molecule has 6 aromatic rings. The van der Waals surface area contributed by atoms with Gasteiger partial charge in [0.05, 0.1) is 12.2 Å². The summed E-state index contributed by atoms with van der Waals surface area (Å²) >= 11 is 0. The fourth-order valence-corrected chi connectivity index (χ4v) is 9.83. The summed E-state index contributed by atoms with van der Waals surface area (Å²) in [6, 6.07) is 40.8. The molecule has 3 nitrogen and oxygen atoms in total. The van der Waals surface area contributed by atoms with Gasteiger partial charge in [-0.15, -0.1) is 0 Å². The first-order chi connectivity index (χ1) is 32.3. The molecule has 4 aliphatic rings. The third kappa shape index (κ3) is 9.93. The number of hydrogen-bond acceptors (Lipinski definition) is 3. The van der Waals surface area contributed by atoms with Crippen molar-refractivity contribution in [2.24, 2.45) is 10.9 Å². The summed E-state index contributed by atoms with van der Waals surface area (Å²) in [7, 11) is 0. The molecule has 1 aromatic heterocycles. The molecule has 1 aliphatic heterocycles. The number of nitrogens with zero attached hydrogens (tertiary/aromatic N) is 1. The SMILES string of the molecule is C/C=C\C(=C/Cc1ccc(C2CC2)c(-c2ccccc2C)c1)c1ccc2oc3c(c2c1)=CC(c1cccc(-c2cccc(C4=CCC5(C)OC/C=C\N=CC(C)C5=C4)c2)c1)CC=3.CC.CC. The fraction of sp³-hybridized carbons (Fsp3) is 0.286. The van der Waals surface area contributed by atoms with Gasteiger partial charge in [0.15, 0.2) is 0 Å². The lowest BCUT2D eigenvalue weighted by Gasteiger charge is -2.36. The highest BCUT2D eigenvalue weighted by atomic mass is 16.5. The predicted molar refractivity (Wildman–Crippen MR) is 283 cm³/mol. The summed E-state index contributed by atoms with van der Waals surface area (Å²) < 4.78 is 12.9. The van der Waals surface area contributed by atoms with Gasteiger partial charge in [-0.1, -0.05) is 162 Å². The number of furan rings is 1. The smallest absolute Gasteiger partial charge is 0.135 e. The third-order valence-corrected chi connectivity index (χ3v) is 13.5. The average Bonchev–Trinajstić information content (AvgIpc) is 4.14. The minimum Gasteiger partial charge on any atom is -0.456 e. The summed E-state index contributed by atoms with van der Waals surface area (Å²) in [6.07, 6.45) is 27.2. The highest BCUT2D eigenvalue weighted by Gasteiger charge is 2.34. The summed E-state index contributed by atoms with van der Waals surface area (Å²) in [5, 5.41) is 2.36. The lowest BCUT2D eigenvalue weighted by atomic mass is 9.78. The molecule has 5 aromatic carbocycles. The van der Waals surface area contributed by atoms with Crippen molar-refractivity contribution in [1.82, 2.24) is 0 Å². The zero-order valence-electron chi connectivity index (χ0n) is 40.4. The van der Waals surface area contributed by atoms with Crippen molar-refractivity contribution in [3.8, 4) is 22.3 Å². The van der Waals surface area contributed by atoms with E-state index in [1.807, 2.05) is 46.2 Å². The highest BCUT2D eigenvalue weighted by molar-refractivity contribution is 5.87. The quantitative estimate of drug-likeness (QED) is 0.136. The predicted octanol–water partition coefficient (Wildman–Crippen LogP) is 15.7. The van der Waals surface area contributed by atoms with Gasteiger partial charge in [-0.3, -0.25) is 4.99 Å². The van der Waals surface area contributed by atoms with Crippen molar-refractivity contribution in [1.29, 1.82) is 0 Å². The molecule has 0 N–H and O–H groups in total. The molecule has 0 radical (unpaired) electrons. The number of aryl methyl sites for hydroxylation is 1. The fourth-order valence-electron chi connectivity index (χ4n) is 9.83. The third-order valence-electron chi connectivity index (χ3n) is 13.5. The van der Waals surface area contributed by atoms with Crippen LogP contribution in [0.5, 0.6) is 0 Å². The Labute approximate surface area is 394 Å². The van der Waals surface area contributed by atoms with Gasteiger partial charge in [-0.2, -0.15) is 0 Å². The summed E-state index contributed by atoms with van der Waals surface area (Å²) in [4.78, 5) is 4.51. The van der Waals surface area contributed by atoms with E-state index in [0.29, 0.717) is 12.5 Å². The Morgan fingerprint density at radius 2 is 1.61 bits per heavy atom. The molecule has 3 atom stereocenters. The van der Waals surface area contributed by atoms with E-state index in [4.69, 9.17) is 9.15 Å². The Morgan fingerprint density at radius 1 is 0.818 bits per heavy atom.